The Morgan fingerprint density at radius 1 is 0.962 bits per heavy atom. The number of piperazine rings is 1. The number of nitrogens with zero attached hydrogens (tertiary/aromatic N) is 4. The molecular weight excluding hydrogens is 676 g/mol. The first kappa shape index (κ1) is 33.0. The third kappa shape index (κ3) is 5.33. The zero-order chi connectivity index (χ0) is 36.2. The molecule has 5 atom stereocenters. The van der Waals surface area contributed by atoms with E-state index < -0.39 is 17.3 Å². The molecule has 3 N–H and O–H groups in total. The Kier molecular flexibility index (Phi) is 7.45. The van der Waals surface area contributed by atoms with Crippen molar-refractivity contribution in [3.63, 3.8) is 0 Å². The number of hydrogen-bond acceptors (Lipinski definition) is 6. The molecule has 2 aliphatic carbocycles. The second kappa shape index (κ2) is 12.0. The Bertz CT molecular complexity index is 2120. The van der Waals surface area contributed by atoms with Gasteiger partial charge in [0.05, 0.1) is 11.6 Å². The molecule has 10 nitrogen and oxygen atoms in total. The summed E-state index contributed by atoms with van der Waals surface area (Å²) in [5, 5.41) is 11.0. The highest BCUT2D eigenvalue weighted by molar-refractivity contribution is 6.01. The number of imide groups is 1. The van der Waals surface area contributed by atoms with Crippen LogP contribution in [0.2, 0.25) is 0 Å². The molecule has 12 heteroatoms. The lowest BCUT2D eigenvalue weighted by atomic mass is 9.87. The van der Waals surface area contributed by atoms with E-state index in [2.05, 4.69) is 42.4 Å². The Balaban J connectivity index is 0.753. The number of rotatable bonds is 6. The Morgan fingerprint density at radius 3 is 2.45 bits per heavy atom. The summed E-state index contributed by atoms with van der Waals surface area (Å²) in [6.45, 7) is 6.23. The number of anilines is 1. The maximum atomic E-state index is 14.5. The van der Waals surface area contributed by atoms with E-state index in [4.69, 9.17) is 0 Å². The summed E-state index contributed by atoms with van der Waals surface area (Å²) in [6.07, 6.45) is 6.06. The van der Waals surface area contributed by atoms with Crippen molar-refractivity contribution in [2.75, 3.05) is 37.6 Å². The van der Waals surface area contributed by atoms with Crippen LogP contribution in [0.5, 0.6) is 0 Å². The molecule has 2 aromatic heterocycles. The SMILES string of the molecule is C[C@@]12Cc3[nH]nc(-c4cc5ccc(C(=O)N6CC7CCC(C6)N7CC6CCN(c7ccc([C@H]8CCC(=O)NC8=O)cc7)CC6)cc5[nH]4)c3C[C@@H]1C2(F)F. The molecule has 6 heterocycles. The summed E-state index contributed by atoms with van der Waals surface area (Å²) >= 11 is 0. The molecule has 2 bridgehead atoms. The summed E-state index contributed by atoms with van der Waals surface area (Å²) < 4.78 is 29.0. The number of hydrogen-bond donors (Lipinski definition) is 3. The minimum Gasteiger partial charge on any atom is -0.372 e. The van der Waals surface area contributed by atoms with Crippen molar-refractivity contribution in [2.45, 2.75) is 82.2 Å². The number of piperidine rings is 2. The molecule has 10 rings (SSSR count). The van der Waals surface area contributed by atoms with E-state index in [1.165, 1.54) is 5.69 Å². The second-order valence-corrected chi connectivity index (χ2v) is 16.8. The molecule has 2 unspecified atom stereocenters. The maximum Gasteiger partial charge on any atom is 0.258 e. The van der Waals surface area contributed by atoms with Crippen LogP contribution in [0.1, 0.15) is 78.5 Å². The van der Waals surface area contributed by atoms with E-state index in [1.807, 2.05) is 41.3 Å². The smallest absolute Gasteiger partial charge is 0.258 e. The highest BCUT2D eigenvalue weighted by atomic mass is 19.3. The zero-order valence-corrected chi connectivity index (χ0v) is 30.0. The van der Waals surface area contributed by atoms with Crippen molar-refractivity contribution in [3.8, 4) is 11.4 Å². The normalized spacial score (nSPS) is 29.6. The lowest BCUT2D eigenvalue weighted by molar-refractivity contribution is -0.134. The molecule has 3 amide bonds. The van der Waals surface area contributed by atoms with Gasteiger partial charge in [-0.1, -0.05) is 25.1 Å². The Morgan fingerprint density at radius 2 is 1.72 bits per heavy atom. The minimum atomic E-state index is -2.64. The predicted molar refractivity (Wildman–Crippen MR) is 196 cm³/mol. The van der Waals surface area contributed by atoms with Gasteiger partial charge in [-0.2, -0.15) is 5.10 Å². The van der Waals surface area contributed by atoms with Crippen molar-refractivity contribution in [1.29, 1.82) is 0 Å². The molecule has 2 aromatic carbocycles. The average Bonchev–Trinajstić information content (AvgIpc) is 3.62. The summed E-state index contributed by atoms with van der Waals surface area (Å²) in [4.78, 5) is 48.4. The highest BCUT2D eigenvalue weighted by Gasteiger charge is 2.78. The standard InChI is InChI=1S/C41H45F2N7O3/c1-40-19-34-31(18-35(40)41(40,42)43)37(47-46-34)33-16-25-2-3-26(17-32(25)44-33)39(53)49-21-28-8-9-29(22-49)50(28)20-23-12-14-48(15-13-23)27-6-4-24(5-7-27)30-10-11-36(51)45-38(30)52/h2-7,16-17,23,28-30,35,44H,8-15,18-22H2,1H3,(H,46,47)(H,45,51,52)/t28?,29?,30-,35+,40-/m1/s1. The van der Waals surface area contributed by atoms with Gasteiger partial charge in [0.2, 0.25) is 11.8 Å². The molecule has 5 fully saturated rings. The molecule has 276 valence electrons. The van der Waals surface area contributed by atoms with E-state index in [1.54, 1.807) is 6.92 Å². The highest BCUT2D eigenvalue weighted by Crippen LogP contribution is 2.70. The van der Waals surface area contributed by atoms with Gasteiger partial charge in [0.1, 0.15) is 5.69 Å². The van der Waals surface area contributed by atoms with Crippen LogP contribution in [0.4, 0.5) is 14.5 Å². The summed E-state index contributed by atoms with van der Waals surface area (Å²) in [7, 11) is 0. The van der Waals surface area contributed by atoms with Crippen molar-refractivity contribution in [2.24, 2.45) is 17.3 Å². The Hall–Kier alpha value is -4.58. The first-order valence-corrected chi connectivity index (χ1v) is 19.4. The fraction of sp³-hybridized carbons (Fsp3) is 0.512. The topological polar surface area (TPSA) is 117 Å². The summed E-state index contributed by atoms with van der Waals surface area (Å²) in [5.74, 6) is -3.24. The number of fused-ring (bicyclic) bond motifs is 5. The van der Waals surface area contributed by atoms with Gasteiger partial charge in [-0.25, -0.2) is 8.78 Å². The van der Waals surface area contributed by atoms with Crippen molar-refractivity contribution in [3.05, 3.63) is 70.9 Å². The number of benzene rings is 2. The van der Waals surface area contributed by atoms with Crippen LogP contribution in [0.15, 0.2) is 48.5 Å². The number of halogens is 2. The van der Waals surface area contributed by atoms with Crippen LogP contribution in [0.3, 0.4) is 0 Å². The van der Waals surface area contributed by atoms with Crippen LogP contribution in [0, 0.1) is 17.3 Å². The van der Waals surface area contributed by atoms with E-state index in [9.17, 15) is 23.2 Å². The number of amides is 3. The first-order valence-electron chi connectivity index (χ1n) is 19.4. The number of aromatic nitrogens is 3. The number of nitrogens with one attached hydrogen (secondary N) is 3. The maximum absolute atomic E-state index is 14.5. The molecule has 4 saturated heterocycles. The van der Waals surface area contributed by atoms with Crippen LogP contribution >= 0.6 is 0 Å². The van der Waals surface area contributed by atoms with Crippen LogP contribution in [-0.2, 0) is 22.4 Å². The lowest BCUT2D eigenvalue weighted by Crippen LogP contribution is -2.56. The molecular formula is C41H45F2N7O3. The van der Waals surface area contributed by atoms with Crippen LogP contribution < -0.4 is 10.2 Å². The molecule has 1 saturated carbocycles. The molecule has 4 aliphatic heterocycles. The Labute approximate surface area is 306 Å². The van der Waals surface area contributed by atoms with Crippen molar-refractivity contribution < 1.29 is 23.2 Å². The second-order valence-electron chi connectivity index (χ2n) is 16.8. The minimum absolute atomic E-state index is 0.0592. The van der Waals surface area contributed by atoms with Crippen LogP contribution in [0.25, 0.3) is 22.3 Å². The van der Waals surface area contributed by atoms with Crippen molar-refractivity contribution >= 4 is 34.3 Å². The van der Waals surface area contributed by atoms with Gasteiger partial charge in [0.25, 0.3) is 11.8 Å². The number of likely N-dealkylation sites (tertiary alicyclic amines) is 1. The number of alkyl halides is 2. The monoisotopic (exact) mass is 721 g/mol. The predicted octanol–water partition coefficient (Wildman–Crippen LogP) is 5.65. The zero-order valence-electron chi connectivity index (χ0n) is 30.0. The number of H-pyrrole nitrogens is 2. The fourth-order valence-corrected chi connectivity index (χ4v) is 10.5. The summed E-state index contributed by atoms with van der Waals surface area (Å²) in [6, 6.07) is 16.9. The van der Waals surface area contributed by atoms with Gasteiger partial charge in [-0.05, 0) is 80.3 Å². The molecule has 53 heavy (non-hydrogen) atoms. The van der Waals surface area contributed by atoms with E-state index in [0.717, 1.165) is 91.8 Å². The van der Waals surface area contributed by atoms with Gasteiger partial charge in [0.15, 0.2) is 0 Å². The number of carbonyl (C=O) groups is 3. The lowest BCUT2D eigenvalue weighted by Gasteiger charge is -2.44. The molecule has 0 radical (unpaired) electrons. The first-order chi connectivity index (χ1) is 25.6. The van der Waals surface area contributed by atoms with E-state index in [-0.39, 0.29) is 23.6 Å². The van der Waals surface area contributed by atoms with E-state index in [0.29, 0.717) is 54.9 Å². The number of aromatic amines is 2. The van der Waals surface area contributed by atoms with Crippen LogP contribution in [-0.4, -0.2) is 93.4 Å². The van der Waals surface area contributed by atoms with Gasteiger partial charge >= 0.3 is 0 Å². The van der Waals surface area contributed by atoms with Gasteiger partial charge in [0, 0.05) is 102 Å². The number of carbonyl (C=O) groups excluding carboxylic acids is 3. The largest absolute Gasteiger partial charge is 0.372 e. The summed E-state index contributed by atoms with van der Waals surface area (Å²) in [5.41, 5.74) is 5.85. The third-order valence-electron chi connectivity index (χ3n) is 13.8. The van der Waals surface area contributed by atoms with Gasteiger partial charge in [-0.3, -0.25) is 29.7 Å². The molecule has 6 aliphatic rings. The van der Waals surface area contributed by atoms with Gasteiger partial charge < -0.3 is 14.8 Å². The quantitative estimate of drug-likeness (QED) is 0.222. The fourth-order valence-electron chi connectivity index (χ4n) is 10.5. The molecule has 4 aromatic rings. The molecule has 0 spiro atoms. The average molecular weight is 722 g/mol. The van der Waals surface area contributed by atoms with E-state index >= 15 is 0 Å². The van der Waals surface area contributed by atoms with Gasteiger partial charge in [-0.15, -0.1) is 0 Å². The third-order valence-corrected chi connectivity index (χ3v) is 13.8. The van der Waals surface area contributed by atoms with Crippen molar-refractivity contribution in [1.82, 2.24) is 30.3 Å².